The third-order valence-electron chi connectivity index (χ3n) is 3.41. The lowest BCUT2D eigenvalue weighted by molar-refractivity contribution is -0.0303. The van der Waals surface area contributed by atoms with Crippen LogP contribution in [0.1, 0.15) is 32.0 Å². The average molecular weight is 223 g/mol. The number of rotatable bonds is 3. The van der Waals surface area contributed by atoms with Crippen LogP contribution in [0.3, 0.4) is 0 Å². The number of nitrogens with zero attached hydrogens (tertiary/aromatic N) is 3. The fourth-order valence-electron chi connectivity index (χ4n) is 2.35. The number of hydrogen-bond acceptors (Lipinski definition) is 3. The third-order valence-corrected chi connectivity index (χ3v) is 3.41. The third kappa shape index (κ3) is 2.13. The molecule has 1 N–H and O–H groups in total. The first kappa shape index (κ1) is 11.6. The van der Waals surface area contributed by atoms with Crippen LogP contribution in [0.25, 0.3) is 0 Å². The second-order valence-electron chi connectivity index (χ2n) is 4.78. The lowest BCUT2D eigenvalue weighted by atomic mass is 9.90. The van der Waals surface area contributed by atoms with Crippen LogP contribution in [0, 0.1) is 0 Å². The number of imidazole rings is 1. The zero-order valence-electron chi connectivity index (χ0n) is 10.2. The van der Waals surface area contributed by atoms with E-state index in [1.54, 1.807) is 6.20 Å². The molecule has 0 amide bonds. The van der Waals surface area contributed by atoms with E-state index in [9.17, 15) is 5.11 Å². The molecule has 16 heavy (non-hydrogen) atoms. The van der Waals surface area contributed by atoms with Gasteiger partial charge < -0.3 is 14.6 Å². The molecule has 1 aliphatic heterocycles. The molecule has 1 aliphatic rings. The van der Waals surface area contributed by atoms with Crippen LogP contribution in [-0.2, 0) is 12.1 Å². The van der Waals surface area contributed by atoms with Gasteiger partial charge in [-0.3, -0.25) is 0 Å². The van der Waals surface area contributed by atoms with E-state index in [1.165, 1.54) is 0 Å². The quantitative estimate of drug-likeness (QED) is 0.837. The molecule has 1 fully saturated rings. The van der Waals surface area contributed by atoms with Crippen molar-refractivity contribution in [1.82, 2.24) is 14.5 Å². The molecule has 2 rings (SSSR count). The van der Waals surface area contributed by atoms with Crippen molar-refractivity contribution in [3.8, 4) is 0 Å². The maximum absolute atomic E-state index is 10.6. The molecule has 0 bridgehead atoms. The van der Waals surface area contributed by atoms with Crippen molar-refractivity contribution < 1.29 is 5.11 Å². The molecule has 0 unspecified atom stereocenters. The van der Waals surface area contributed by atoms with E-state index in [-0.39, 0.29) is 0 Å². The Balaban J connectivity index is 2.18. The minimum Gasteiger partial charge on any atom is -0.382 e. The summed E-state index contributed by atoms with van der Waals surface area (Å²) in [6, 6.07) is 0. The maximum Gasteiger partial charge on any atom is 0.140 e. The Bertz CT molecular complexity index is 340. The first-order valence-corrected chi connectivity index (χ1v) is 6.08. The molecule has 1 aromatic rings. The summed E-state index contributed by atoms with van der Waals surface area (Å²) in [5.74, 6) is 0.849. The minimum atomic E-state index is -0.717. The molecule has 4 nitrogen and oxygen atoms in total. The van der Waals surface area contributed by atoms with E-state index in [4.69, 9.17) is 0 Å². The molecule has 0 spiro atoms. The Hall–Kier alpha value is -0.870. The van der Waals surface area contributed by atoms with Crippen molar-refractivity contribution in [3.63, 3.8) is 0 Å². The van der Waals surface area contributed by atoms with Crippen LogP contribution < -0.4 is 0 Å². The molecule has 0 aliphatic carbocycles. The van der Waals surface area contributed by atoms with Gasteiger partial charge in [0, 0.05) is 32.0 Å². The van der Waals surface area contributed by atoms with Crippen LogP contribution in [0.5, 0.6) is 0 Å². The van der Waals surface area contributed by atoms with E-state index in [1.807, 2.05) is 6.20 Å². The fourth-order valence-corrected chi connectivity index (χ4v) is 2.35. The highest BCUT2D eigenvalue weighted by atomic mass is 16.3. The number of likely N-dealkylation sites (tertiary alicyclic amines) is 1. The smallest absolute Gasteiger partial charge is 0.140 e. The van der Waals surface area contributed by atoms with Gasteiger partial charge >= 0.3 is 0 Å². The zero-order valence-corrected chi connectivity index (χ0v) is 10.2. The Kier molecular flexibility index (Phi) is 3.30. The van der Waals surface area contributed by atoms with Crippen molar-refractivity contribution in [2.24, 2.45) is 0 Å². The first-order valence-electron chi connectivity index (χ1n) is 6.08. The van der Waals surface area contributed by atoms with Gasteiger partial charge in [0.05, 0.1) is 0 Å². The highest BCUT2D eigenvalue weighted by Gasteiger charge is 2.36. The summed E-state index contributed by atoms with van der Waals surface area (Å²) < 4.78 is 2.09. The molecule has 90 valence electrons. The van der Waals surface area contributed by atoms with Gasteiger partial charge in [0.2, 0.25) is 0 Å². The molecular formula is C12H21N3O. The summed E-state index contributed by atoms with van der Waals surface area (Å²) in [6.07, 6.45) is 6.39. The van der Waals surface area contributed by atoms with Gasteiger partial charge in [0.1, 0.15) is 11.4 Å². The highest BCUT2D eigenvalue weighted by molar-refractivity contribution is 5.07. The normalized spacial score (nSPS) is 21.2. The number of aromatic nitrogens is 2. The lowest BCUT2D eigenvalue weighted by Gasteiger charge is -2.36. The number of aryl methyl sites for hydroxylation is 1. The van der Waals surface area contributed by atoms with Crippen LogP contribution >= 0.6 is 0 Å². The van der Waals surface area contributed by atoms with Crippen LogP contribution in [0.4, 0.5) is 0 Å². The standard InChI is InChI=1S/C12H21N3O/c1-3-7-15-10-6-13-11(15)12(16)4-8-14(2)9-5-12/h6,10,16H,3-5,7-9H2,1-2H3. The summed E-state index contributed by atoms with van der Waals surface area (Å²) in [6.45, 7) is 4.96. The Labute approximate surface area is 96.9 Å². The Morgan fingerprint density at radius 3 is 2.75 bits per heavy atom. The van der Waals surface area contributed by atoms with Gasteiger partial charge in [-0.1, -0.05) is 6.92 Å². The summed E-state index contributed by atoms with van der Waals surface area (Å²) in [4.78, 5) is 6.60. The lowest BCUT2D eigenvalue weighted by Crippen LogP contribution is -2.42. The van der Waals surface area contributed by atoms with E-state index in [0.717, 1.165) is 44.7 Å². The van der Waals surface area contributed by atoms with Crippen molar-refractivity contribution in [2.45, 2.75) is 38.3 Å². The minimum absolute atomic E-state index is 0.717. The molecule has 2 heterocycles. The van der Waals surface area contributed by atoms with Crippen LogP contribution in [-0.4, -0.2) is 39.7 Å². The summed E-state index contributed by atoms with van der Waals surface area (Å²) >= 11 is 0. The molecule has 0 saturated carbocycles. The van der Waals surface area contributed by atoms with Crippen molar-refractivity contribution in [3.05, 3.63) is 18.2 Å². The zero-order chi connectivity index (χ0) is 11.6. The van der Waals surface area contributed by atoms with Gasteiger partial charge in [-0.25, -0.2) is 4.98 Å². The van der Waals surface area contributed by atoms with Gasteiger partial charge in [0.15, 0.2) is 0 Å². The second kappa shape index (κ2) is 4.55. The van der Waals surface area contributed by atoms with Crippen LogP contribution in [0.15, 0.2) is 12.4 Å². The number of aliphatic hydroxyl groups is 1. The van der Waals surface area contributed by atoms with E-state index >= 15 is 0 Å². The average Bonchev–Trinajstić information content (AvgIpc) is 2.72. The fraction of sp³-hybridized carbons (Fsp3) is 0.750. The summed E-state index contributed by atoms with van der Waals surface area (Å²) in [5.41, 5.74) is -0.717. The Morgan fingerprint density at radius 2 is 2.12 bits per heavy atom. The number of hydrogen-bond donors (Lipinski definition) is 1. The van der Waals surface area contributed by atoms with Gasteiger partial charge in [0.25, 0.3) is 0 Å². The molecule has 0 aromatic carbocycles. The predicted octanol–water partition coefficient (Wildman–Crippen LogP) is 1.21. The monoisotopic (exact) mass is 223 g/mol. The van der Waals surface area contributed by atoms with E-state index in [2.05, 4.69) is 28.4 Å². The first-order chi connectivity index (χ1) is 7.65. The van der Waals surface area contributed by atoms with Crippen molar-refractivity contribution >= 4 is 0 Å². The molecule has 0 atom stereocenters. The maximum atomic E-state index is 10.6. The van der Waals surface area contributed by atoms with Gasteiger partial charge in [-0.15, -0.1) is 0 Å². The predicted molar refractivity (Wildman–Crippen MR) is 63.1 cm³/mol. The van der Waals surface area contributed by atoms with Gasteiger partial charge in [-0.05, 0) is 26.3 Å². The molecule has 1 aromatic heterocycles. The van der Waals surface area contributed by atoms with Crippen molar-refractivity contribution in [2.75, 3.05) is 20.1 Å². The second-order valence-corrected chi connectivity index (χ2v) is 4.78. The number of piperidine rings is 1. The molecule has 1 saturated heterocycles. The molecule has 0 radical (unpaired) electrons. The molecule has 4 heteroatoms. The van der Waals surface area contributed by atoms with Crippen LogP contribution in [0.2, 0.25) is 0 Å². The van der Waals surface area contributed by atoms with Crippen molar-refractivity contribution in [1.29, 1.82) is 0 Å². The highest BCUT2D eigenvalue weighted by Crippen LogP contribution is 2.31. The summed E-state index contributed by atoms with van der Waals surface area (Å²) in [7, 11) is 2.10. The Morgan fingerprint density at radius 1 is 1.44 bits per heavy atom. The van der Waals surface area contributed by atoms with E-state index in [0.29, 0.717) is 0 Å². The topological polar surface area (TPSA) is 41.3 Å². The largest absolute Gasteiger partial charge is 0.382 e. The van der Waals surface area contributed by atoms with E-state index < -0.39 is 5.60 Å². The SMILES string of the molecule is CCCn1ccnc1C1(O)CCN(C)CC1. The van der Waals surface area contributed by atoms with Gasteiger partial charge in [-0.2, -0.15) is 0 Å². The molecular weight excluding hydrogens is 202 g/mol. The summed E-state index contributed by atoms with van der Waals surface area (Å²) in [5, 5.41) is 10.6.